The highest BCUT2D eigenvalue weighted by Gasteiger charge is 2.14. The van der Waals surface area contributed by atoms with Crippen LogP contribution in [0.2, 0.25) is 5.02 Å². The van der Waals surface area contributed by atoms with Gasteiger partial charge in [0, 0.05) is 26.3 Å². The van der Waals surface area contributed by atoms with Crippen molar-refractivity contribution in [2.75, 3.05) is 5.32 Å². The predicted molar refractivity (Wildman–Crippen MR) is 128 cm³/mol. The van der Waals surface area contributed by atoms with Crippen molar-refractivity contribution in [1.29, 1.82) is 5.26 Å². The first-order chi connectivity index (χ1) is 14.9. The number of halogens is 2. The fourth-order valence-electron chi connectivity index (χ4n) is 2.91. The Morgan fingerprint density at radius 3 is 2.68 bits per heavy atom. The minimum absolute atomic E-state index is 0.0263. The van der Waals surface area contributed by atoms with Crippen molar-refractivity contribution < 1.29 is 9.53 Å². The second kappa shape index (κ2) is 10.3. The maximum absolute atomic E-state index is 12.8. The number of nitriles is 1. The summed E-state index contributed by atoms with van der Waals surface area (Å²) in [6.45, 7) is 4.16. The van der Waals surface area contributed by atoms with E-state index >= 15 is 0 Å². The van der Waals surface area contributed by atoms with Gasteiger partial charge in [-0.1, -0.05) is 57.9 Å². The lowest BCUT2D eigenvalue weighted by Gasteiger charge is -2.12. The fourth-order valence-corrected chi connectivity index (χ4v) is 3.48. The van der Waals surface area contributed by atoms with Crippen LogP contribution in [0.4, 0.5) is 5.69 Å². The smallest absolute Gasteiger partial charge is 0.266 e. The van der Waals surface area contributed by atoms with Crippen molar-refractivity contribution in [1.82, 2.24) is 0 Å². The Morgan fingerprint density at radius 1 is 1.16 bits per heavy atom. The SMILES string of the molecule is Cc1cccc(NC(=O)/C(C#N)=C/c2cc(Br)ccc2OCc2ccccc2Cl)c1C. The van der Waals surface area contributed by atoms with Gasteiger partial charge >= 0.3 is 0 Å². The van der Waals surface area contributed by atoms with Gasteiger partial charge in [-0.05, 0) is 61.4 Å². The number of amides is 1. The number of nitrogens with one attached hydrogen (secondary N) is 1. The summed E-state index contributed by atoms with van der Waals surface area (Å²) in [6, 6.07) is 20.5. The molecule has 3 rings (SSSR count). The van der Waals surface area contributed by atoms with Gasteiger partial charge in [0.25, 0.3) is 5.91 Å². The maximum Gasteiger partial charge on any atom is 0.266 e. The molecule has 156 valence electrons. The molecule has 0 spiro atoms. The Labute approximate surface area is 195 Å². The molecular formula is C25H20BrClN2O2. The summed E-state index contributed by atoms with van der Waals surface area (Å²) in [5.74, 6) is 0.0589. The van der Waals surface area contributed by atoms with E-state index in [1.54, 1.807) is 18.2 Å². The van der Waals surface area contributed by atoms with Crippen molar-refractivity contribution in [2.45, 2.75) is 20.5 Å². The van der Waals surface area contributed by atoms with Gasteiger partial charge in [-0.3, -0.25) is 4.79 Å². The molecule has 0 saturated carbocycles. The summed E-state index contributed by atoms with van der Waals surface area (Å²) in [5.41, 5.74) is 4.11. The van der Waals surface area contributed by atoms with Gasteiger partial charge in [0.1, 0.15) is 24.0 Å². The molecule has 1 N–H and O–H groups in total. The van der Waals surface area contributed by atoms with Crippen LogP contribution in [0.25, 0.3) is 6.08 Å². The third-order valence-electron chi connectivity index (χ3n) is 4.83. The number of anilines is 1. The molecular weight excluding hydrogens is 476 g/mol. The van der Waals surface area contributed by atoms with E-state index in [1.165, 1.54) is 6.08 Å². The molecule has 0 atom stereocenters. The number of ether oxygens (including phenoxy) is 1. The first-order valence-electron chi connectivity index (χ1n) is 9.54. The van der Waals surface area contributed by atoms with Crippen LogP contribution in [-0.4, -0.2) is 5.91 Å². The van der Waals surface area contributed by atoms with E-state index in [0.29, 0.717) is 22.0 Å². The van der Waals surface area contributed by atoms with E-state index in [0.717, 1.165) is 21.2 Å². The minimum Gasteiger partial charge on any atom is -0.488 e. The van der Waals surface area contributed by atoms with Gasteiger partial charge in [0.2, 0.25) is 0 Å². The van der Waals surface area contributed by atoms with E-state index < -0.39 is 5.91 Å². The predicted octanol–water partition coefficient (Wildman–Crippen LogP) is 6.84. The van der Waals surface area contributed by atoms with Crippen LogP contribution in [-0.2, 0) is 11.4 Å². The molecule has 3 aromatic rings. The number of nitrogens with zero attached hydrogens (tertiary/aromatic N) is 1. The normalized spacial score (nSPS) is 11.0. The van der Waals surface area contributed by atoms with Crippen LogP contribution in [0.3, 0.4) is 0 Å². The summed E-state index contributed by atoms with van der Waals surface area (Å²) >= 11 is 9.64. The quantitative estimate of drug-likeness (QED) is 0.301. The Hall–Kier alpha value is -3.07. The minimum atomic E-state index is -0.478. The molecule has 0 heterocycles. The summed E-state index contributed by atoms with van der Waals surface area (Å²) in [6.07, 6.45) is 1.52. The Morgan fingerprint density at radius 2 is 1.94 bits per heavy atom. The Kier molecular flexibility index (Phi) is 7.51. The molecule has 1 amide bonds. The van der Waals surface area contributed by atoms with E-state index in [-0.39, 0.29) is 12.2 Å². The molecule has 4 nitrogen and oxygen atoms in total. The summed E-state index contributed by atoms with van der Waals surface area (Å²) in [4.78, 5) is 12.8. The van der Waals surface area contributed by atoms with Crippen LogP contribution >= 0.6 is 27.5 Å². The van der Waals surface area contributed by atoms with E-state index in [1.807, 2.05) is 62.4 Å². The molecule has 6 heteroatoms. The average molecular weight is 496 g/mol. The van der Waals surface area contributed by atoms with E-state index in [2.05, 4.69) is 21.2 Å². The van der Waals surface area contributed by atoms with Gasteiger partial charge < -0.3 is 10.1 Å². The second-order valence-electron chi connectivity index (χ2n) is 6.93. The van der Waals surface area contributed by atoms with Gasteiger partial charge in [-0.15, -0.1) is 0 Å². The van der Waals surface area contributed by atoms with Crippen LogP contribution in [0.1, 0.15) is 22.3 Å². The number of aryl methyl sites for hydroxylation is 1. The average Bonchev–Trinajstić information content (AvgIpc) is 2.75. The van der Waals surface area contributed by atoms with Crippen LogP contribution in [0.15, 0.2) is 70.7 Å². The lowest BCUT2D eigenvalue weighted by atomic mass is 10.1. The number of rotatable bonds is 6. The largest absolute Gasteiger partial charge is 0.488 e. The molecule has 0 aliphatic rings. The first kappa shape index (κ1) is 22.6. The molecule has 0 fully saturated rings. The van der Waals surface area contributed by atoms with Crippen LogP contribution in [0.5, 0.6) is 5.75 Å². The zero-order chi connectivity index (χ0) is 22.4. The third kappa shape index (κ3) is 5.75. The number of benzene rings is 3. The molecule has 0 aliphatic heterocycles. The standard InChI is InChI=1S/C25H20BrClN2O2/c1-16-6-5-9-23(17(16)2)29-25(30)20(14-28)12-19-13-21(26)10-11-24(19)31-15-18-7-3-4-8-22(18)27/h3-13H,15H2,1-2H3,(H,29,30)/b20-12+. The van der Waals surface area contributed by atoms with Crippen molar-refractivity contribution >= 4 is 45.2 Å². The monoisotopic (exact) mass is 494 g/mol. The van der Waals surface area contributed by atoms with Crippen molar-refractivity contribution in [2.24, 2.45) is 0 Å². The molecule has 3 aromatic carbocycles. The van der Waals surface area contributed by atoms with Gasteiger partial charge in [-0.25, -0.2) is 0 Å². The molecule has 31 heavy (non-hydrogen) atoms. The zero-order valence-corrected chi connectivity index (χ0v) is 19.4. The molecule has 0 bridgehead atoms. The van der Waals surface area contributed by atoms with Crippen molar-refractivity contribution in [3.05, 3.63) is 98.0 Å². The van der Waals surface area contributed by atoms with E-state index in [4.69, 9.17) is 16.3 Å². The zero-order valence-electron chi connectivity index (χ0n) is 17.1. The topological polar surface area (TPSA) is 62.1 Å². The van der Waals surface area contributed by atoms with Gasteiger partial charge in [0.15, 0.2) is 0 Å². The van der Waals surface area contributed by atoms with Crippen LogP contribution in [0, 0.1) is 25.2 Å². The number of carbonyl (C=O) groups excluding carboxylic acids is 1. The second-order valence-corrected chi connectivity index (χ2v) is 8.26. The number of hydrogen-bond donors (Lipinski definition) is 1. The molecule has 0 saturated heterocycles. The first-order valence-corrected chi connectivity index (χ1v) is 10.7. The molecule has 0 unspecified atom stereocenters. The fraction of sp³-hybridized carbons (Fsp3) is 0.120. The number of hydrogen-bond acceptors (Lipinski definition) is 3. The van der Waals surface area contributed by atoms with Gasteiger partial charge in [-0.2, -0.15) is 5.26 Å². The van der Waals surface area contributed by atoms with Gasteiger partial charge in [0.05, 0.1) is 0 Å². The van der Waals surface area contributed by atoms with Crippen molar-refractivity contribution in [3.63, 3.8) is 0 Å². The Bertz CT molecular complexity index is 1200. The molecule has 0 aliphatic carbocycles. The lowest BCUT2D eigenvalue weighted by molar-refractivity contribution is -0.112. The lowest BCUT2D eigenvalue weighted by Crippen LogP contribution is -2.14. The maximum atomic E-state index is 12.8. The third-order valence-corrected chi connectivity index (χ3v) is 5.69. The summed E-state index contributed by atoms with van der Waals surface area (Å²) < 4.78 is 6.75. The molecule has 0 aromatic heterocycles. The highest BCUT2D eigenvalue weighted by atomic mass is 79.9. The summed E-state index contributed by atoms with van der Waals surface area (Å²) in [5, 5.41) is 13.1. The molecule has 0 radical (unpaired) electrons. The van der Waals surface area contributed by atoms with Crippen molar-refractivity contribution in [3.8, 4) is 11.8 Å². The van der Waals surface area contributed by atoms with Crippen LogP contribution < -0.4 is 10.1 Å². The summed E-state index contributed by atoms with van der Waals surface area (Å²) in [7, 11) is 0. The Balaban J connectivity index is 1.87. The highest BCUT2D eigenvalue weighted by molar-refractivity contribution is 9.10. The highest BCUT2D eigenvalue weighted by Crippen LogP contribution is 2.28. The number of carbonyl (C=O) groups is 1. The van der Waals surface area contributed by atoms with E-state index in [9.17, 15) is 10.1 Å².